The van der Waals surface area contributed by atoms with Crippen LogP contribution < -0.4 is 5.73 Å². The van der Waals surface area contributed by atoms with Crippen molar-refractivity contribution in [2.45, 2.75) is 57.2 Å². The van der Waals surface area contributed by atoms with Gasteiger partial charge in [-0.3, -0.25) is 4.79 Å². The number of hydrogen-bond donors (Lipinski definition) is 2. The van der Waals surface area contributed by atoms with Gasteiger partial charge in [-0.15, -0.1) is 0 Å². The Kier molecular flexibility index (Phi) is 5.56. The van der Waals surface area contributed by atoms with Gasteiger partial charge in [-0.2, -0.15) is 0 Å². The largest absolute Gasteiger partial charge is 0.480 e. The van der Waals surface area contributed by atoms with E-state index in [0.717, 1.165) is 26.0 Å². The fourth-order valence-corrected chi connectivity index (χ4v) is 2.31. The van der Waals surface area contributed by atoms with Gasteiger partial charge in [0.2, 0.25) is 0 Å². The number of aliphatic carboxylic acids is 1. The molecule has 0 radical (unpaired) electrons. The second-order valence-corrected chi connectivity index (χ2v) is 5.70. The normalized spacial score (nSPS) is 25.7. The van der Waals surface area contributed by atoms with Crippen molar-refractivity contribution >= 4 is 5.97 Å². The smallest absolute Gasteiger partial charge is 0.323 e. The molecule has 0 bridgehead atoms. The molecule has 106 valence electrons. The molecule has 18 heavy (non-hydrogen) atoms. The Morgan fingerprint density at radius 3 is 2.78 bits per heavy atom. The fraction of sp³-hybridized carbons (Fsp3) is 0.923. The zero-order valence-electron chi connectivity index (χ0n) is 11.7. The Hall–Kier alpha value is -0.650. The van der Waals surface area contributed by atoms with Crippen LogP contribution in [0.3, 0.4) is 0 Å². The van der Waals surface area contributed by atoms with Crippen LogP contribution in [-0.2, 0) is 9.53 Å². The summed E-state index contributed by atoms with van der Waals surface area (Å²) in [7, 11) is 2.00. The van der Waals surface area contributed by atoms with E-state index in [1.807, 2.05) is 14.0 Å². The summed E-state index contributed by atoms with van der Waals surface area (Å²) < 4.78 is 5.69. The van der Waals surface area contributed by atoms with Crippen molar-refractivity contribution in [3.63, 3.8) is 0 Å². The molecule has 1 aliphatic rings. The summed E-state index contributed by atoms with van der Waals surface area (Å²) in [5, 5.41) is 9.03. The summed E-state index contributed by atoms with van der Waals surface area (Å²) in [6.45, 7) is 5.27. The van der Waals surface area contributed by atoms with Crippen molar-refractivity contribution in [2.75, 3.05) is 20.2 Å². The minimum absolute atomic E-state index is 0.127. The van der Waals surface area contributed by atoms with Crippen LogP contribution in [0.25, 0.3) is 0 Å². The molecular formula is C13H26N2O3. The number of rotatable bonds is 6. The molecule has 1 fully saturated rings. The third-order valence-corrected chi connectivity index (χ3v) is 3.73. The van der Waals surface area contributed by atoms with Crippen LogP contribution in [0.2, 0.25) is 0 Å². The zero-order valence-corrected chi connectivity index (χ0v) is 11.7. The maximum Gasteiger partial charge on any atom is 0.323 e. The fourth-order valence-electron chi connectivity index (χ4n) is 2.31. The van der Waals surface area contributed by atoms with Crippen LogP contribution in [0.15, 0.2) is 0 Å². The highest BCUT2D eigenvalue weighted by molar-refractivity contribution is 5.77. The summed E-state index contributed by atoms with van der Waals surface area (Å²) in [6, 6.07) is 0.127. The van der Waals surface area contributed by atoms with Crippen molar-refractivity contribution in [1.29, 1.82) is 0 Å². The van der Waals surface area contributed by atoms with E-state index in [-0.39, 0.29) is 12.1 Å². The second kappa shape index (κ2) is 6.50. The van der Waals surface area contributed by atoms with Crippen LogP contribution in [0.1, 0.15) is 39.5 Å². The average molecular weight is 258 g/mol. The van der Waals surface area contributed by atoms with E-state index < -0.39 is 11.5 Å². The number of nitrogens with two attached hydrogens (primary N) is 1. The lowest BCUT2D eigenvalue weighted by molar-refractivity contribution is -0.143. The first kappa shape index (κ1) is 15.4. The first-order valence-corrected chi connectivity index (χ1v) is 6.67. The predicted octanol–water partition coefficient (Wildman–Crippen LogP) is 1.07. The SMILES string of the molecule is CC(CC(C)(N)C(=O)O)N(C)CC1CCCCO1. The van der Waals surface area contributed by atoms with Crippen molar-refractivity contribution in [2.24, 2.45) is 5.73 Å². The minimum atomic E-state index is -1.17. The van der Waals surface area contributed by atoms with E-state index in [1.165, 1.54) is 6.42 Å². The predicted molar refractivity (Wildman–Crippen MR) is 70.5 cm³/mol. The zero-order chi connectivity index (χ0) is 13.8. The van der Waals surface area contributed by atoms with Crippen molar-refractivity contribution in [3.05, 3.63) is 0 Å². The molecule has 1 heterocycles. The van der Waals surface area contributed by atoms with Gasteiger partial charge in [-0.25, -0.2) is 0 Å². The topological polar surface area (TPSA) is 75.8 Å². The lowest BCUT2D eigenvalue weighted by Crippen LogP contribution is -2.50. The molecule has 3 N–H and O–H groups in total. The molecule has 3 atom stereocenters. The summed E-state index contributed by atoms with van der Waals surface area (Å²) >= 11 is 0. The first-order chi connectivity index (χ1) is 8.33. The molecular weight excluding hydrogens is 232 g/mol. The van der Waals surface area contributed by atoms with Crippen LogP contribution in [0.4, 0.5) is 0 Å². The highest BCUT2D eigenvalue weighted by atomic mass is 16.5. The van der Waals surface area contributed by atoms with Crippen molar-refractivity contribution < 1.29 is 14.6 Å². The van der Waals surface area contributed by atoms with Gasteiger partial charge in [0.15, 0.2) is 0 Å². The Labute approximate surface area is 109 Å². The van der Waals surface area contributed by atoms with Gasteiger partial charge in [0.25, 0.3) is 0 Å². The van der Waals surface area contributed by atoms with E-state index in [2.05, 4.69) is 4.90 Å². The minimum Gasteiger partial charge on any atom is -0.480 e. The first-order valence-electron chi connectivity index (χ1n) is 6.67. The van der Waals surface area contributed by atoms with Crippen molar-refractivity contribution in [3.8, 4) is 0 Å². The maximum absolute atomic E-state index is 11.0. The van der Waals surface area contributed by atoms with Crippen LogP contribution >= 0.6 is 0 Å². The molecule has 0 saturated carbocycles. The van der Waals surface area contributed by atoms with E-state index in [1.54, 1.807) is 6.92 Å². The van der Waals surface area contributed by atoms with Gasteiger partial charge in [-0.1, -0.05) is 0 Å². The summed E-state index contributed by atoms with van der Waals surface area (Å²) in [4.78, 5) is 13.1. The Morgan fingerprint density at radius 2 is 2.28 bits per heavy atom. The number of nitrogens with zero attached hydrogens (tertiary/aromatic N) is 1. The molecule has 0 amide bonds. The van der Waals surface area contributed by atoms with Gasteiger partial charge in [0.1, 0.15) is 5.54 Å². The number of carboxylic acid groups (broad SMARTS) is 1. The number of carbonyl (C=O) groups is 1. The highest BCUT2D eigenvalue weighted by Crippen LogP contribution is 2.17. The lowest BCUT2D eigenvalue weighted by Gasteiger charge is -2.33. The van der Waals surface area contributed by atoms with Crippen LogP contribution in [0.5, 0.6) is 0 Å². The third-order valence-electron chi connectivity index (χ3n) is 3.73. The van der Waals surface area contributed by atoms with E-state index in [4.69, 9.17) is 15.6 Å². The highest BCUT2D eigenvalue weighted by Gasteiger charge is 2.31. The molecule has 1 rings (SSSR count). The monoisotopic (exact) mass is 258 g/mol. The van der Waals surface area contributed by atoms with Gasteiger partial charge in [0, 0.05) is 19.2 Å². The van der Waals surface area contributed by atoms with Crippen LogP contribution in [0, 0.1) is 0 Å². The van der Waals surface area contributed by atoms with Crippen molar-refractivity contribution in [1.82, 2.24) is 4.90 Å². The van der Waals surface area contributed by atoms with E-state index in [0.29, 0.717) is 6.42 Å². The van der Waals surface area contributed by atoms with Gasteiger partial charge in [-0.05, 0) is 46.6 Å². The molecule has 0 spiro atoms. The molecule has 5 heteroatoms. The molecule has 0 aliphatic carbocycles. The standard InChI is InChI=1S/C13H26N2O3/c1-10(8-13(2,14)12(16)17)15(3)9-11-6-4-5-7-18-11/h10-11H,4-9,14H2,1-3H3,(H,16,17). The molecule has 0 aromatic heterocycles. The Morgan fingerprint density at radius 1 is 1.61 bits per heavy atom. The Bertz CT molecular complexity index is 275. The summed E-state index contributed by atoms with van der Waals surface area (Å²) in [6.07, 6.45) is 4.17. The number of carboxylic acids is 1. The molecule has 3 unspecified atom stereocenters. The summed E-state index contributed by atoms with van der Waals surface area (Å²) in [5.74, 6) is -0.948. The van der Waals surface area contributed by atoms with E-state index >= 15 is 0 Å². The molecule has 0 aromatic carbocycles. The van der Waals surface area contributed by atoms with Gasteiger partial charge >= 0.3 is 5.97 Å². The Balaban J connectivity index is 2.40. The maximum atomic E-state index is 11.0. The lowest BCUT2D eigenvalue weighted by atomic mass is 9.94. The van der Waals surface area contributed by atoms with E-state index in [9.17, 15) is 4.79 Å². The molecule has 1 aliphatic heterocycles. The van der Waals surface area contributed by atoms with Crippen LogP contribution in [-0.4, -0.2) is 53.9 Å². The summed E-state index contributed by atoms with van der Waals surface area (Å²) in [5.41, 5.74) is 4.61. The quantitative estimate of drug-likeness (QED) is 0.745. The average Bonchev–Trinajstić information content (AvgIpc) is 2.29. The van der Waals surface area contributed by atoms with Gasteiger partial charge < -0.3 is 20.5 Å². The van der Waals surface area contributed by atoms with Gasteiger partial charge in [0.05, 0.1) is 6.10 Å². The number of likely N-dealkylation sites (N-methyl/N-ethyl adjacent to an activating group) is 1. The number of hydrogen-bond acceptors (Lipinski definition) is 4. The third kappa shape index (κ3) is 4.55. The number of ether oxygens (including phenoxy) is 1. The molecule has 5 nitrogen and oxygen atoms in total. The molecule has 1 saturated heterocycles. The second-order valence-electron chi connectivity index (χ2n) is 5.70. The molecule has 0 aromatic rings.